The molecular weight excluding hydrogens is 392 g/mol. The number of piperazine rings is 1. The van der Waals surface area contributed by atoms with Crippen LogP contribution in [0.1, 0.15) is 34.3 Å². The Morgan fingerprint density at radius 2 is 1.77 bits per heavy atom. The quantitative estimate of drug-likeness (QED) is 0.796. The van der Waals surface area contributed by atoms with Crippen LogP contribution in [0, 0.1) is 13.8 Å². The highest BCUT2D eigenvalue weighted by Gasteiger charge is 2.29. The Balaban J connectivity index is 1.31. The van der Waals surface area contributed by atoms with E-state index in [1.807, 2.05) is 4.90 Å². The van der Waals surface area contributed by atoms with Crippen molar-refractivity contribution >= 4 is 29.1 Å². The van der Waals surface area contributed by atoms with Gasteiger partial charge in [0.2, 0.25) is 11.8 Å². The molecule has 3 amide bonds. The van der Waals surface area contributed by atoms with Crippen molar-refractivity contribution in [2.45, 2.75) is 32.7 Å². The Hall–Kier alpha value is -3.35. The number of hydrogen-bond acceptors (Lipinski definition) is 4. The number of nitrogens with one attached hydrogen (secondary N) is 2. The fourth-order valence-electron chi connectivity index (χ4n) is 4.30. The normalized spacial score (nSPS) is 18.7. The van der Waals surface area contributed by atoms with Gasteiger partial charge in [0.25, 0.3) is 5.91 Å². The lowest BCUT2D eigenvalue weighted by Crippen LogP contribution is -2.49. The number of nitrogens with zero attached hydrogens (tertiary/aromatic N) is 2. The predicted octanol–water partition coefficient (Wildman–Crippen LogP) is 2.48. The number of fused-ring (bicyclic) bond motifs is 1. The summed E-state index contributed by atoms with van der Waals surface area (Å²) in [5, 5.41) is 5.54. The minimum atomic E-state index is -0.722. The third-order valence-corrected chi connectivity index (χ3v) is 6.02. The maximum Gasteiger partial charge on any atom is 0.254 e. The average molecular weight is 421 g/mol. The van der Waals surface area contributed by atoms with Gasteiger partial charge in [0.15, 0.2) is 0 Å². The Kier molecular flexibility index (Phi) is 5.93. The molecule has 4 rings (SSSR count). The number of carbonyl (C=O) groups is 3. The van der Waals surface area contributed by atoms with Gasteiger partial charge in [-0.1, -0.05) is 29.8 Å². The fourth-order valence-corrected chi connectivity index (χ4v) is 4.30. The molecule has 0 bridgehead atoms. The minimum Gasteiger partial charge on any atom is -0.368 e. The van der Waals surface area contributed by atoms with E-state index in [0.717, 1.165) is 13.1 Å². The summed E-state index contributed by atoms with van der Waals surface area (Å²) in [6.07, 6.45) is 0.500. The summed E-state index contributed by atoms with van der Waals surface area (Å²) in [4.78, 5) is 41.9. The third kappa shape index (κ3) is 4.55. The number of benzene rings is 2. The maximum absolute atomic E-state index is 12.8. The first-order valence-corrected chi connectivity index (χ1v) is 10.7. The molecule has 1 fully saturated rings. The predicted molar refractivity (Wildman–Crippen MR) is 120 cm³/mol. The molecule has 2 aliphatic heterocycles. The Bertz CT molecular complexity index is 1010. The smallest absolute Gasteiger partial charge is 0.254 e. The fraction of sp³-hybridized carbons (Fsp3) is 0.375. The van der Waals surface area contributed by atoms with Gasteiger partial charge < -0.3 is 20.4 Å². The molecule has 0 saturated carbocycles. The van der Waals surface area contributed by atoms with Crippen molar-refractivity contribution in [1.29, 1.82) is 0 Å². The standard InChI is InChI=1S/C24H28N4O3/c1-16-7-9-21(17(2)15-16)27-11-13-28(14-12-27)22(29)10-8-20-24(31)25-19-6-4-3-5-18(19)23(30)26-20/h3-7,9,15,20H,8,10-14H2,1-2H3,(H,25,31)(H,26,30)/t20-/m0/s1. The van der Waals surface area contributed by atoms with Crippen LogP contribution in [0.5, 0.6) is 0 Å². The lowest BCUT2D eigenvalue weighted by molar-refractivity contribution is -0.131. The topological polar surface area (TPSA) is 81.8 Å². The van der Waals surface area contributed by atoms with Crippen molar-refractivity contribution in [2.24, 2.45) is 0 Å². The van der Waals surface area contributed by atoms with Crippen LogP contribution in [0.4, 0.5) is 11.4 Å². The molecule has 0 radical (unpaired) electrons. The van der Waals surface area contributed by atoms with Crippen LogP contribution in [0.25, 0.3) is 0 Å². The van der Waals surface area contributed by atoms with Crippen LogP contribution in [-0.2, 0) is 9.59 Å². The monoisotopic (exact) mass is 420 g/mol. The van der Waals surface area contributed by atoms with Gasteiger partial charge in [0, 0.05) is 38.3 Å². The summed E-state index contributed by atoms with van der Waals surface area (Å²) >= 11 is 0. The van der Waals surface area contributed by atoms with Gasteiger partial charge >= 0.3 is 0 Å². The third-order valence-electron chi connectivity index (χ3n) is 6.02. The first kappa shape index (κ1) is 20.9. The van der Waals surface area contributed by atoms with Crippen molar-refractivity contribution in [3.63, 3.8) is 0 Å². The second-order valence-corrected chi connectivity index (χ2v) is 8.26. The van der Waals surface area contributed by atoms with E-state index in [1.54, 1.807) is 24.3 Å². The van der Waals surface area contributed by atoms with E-state index in [-0.39, 0.29) is 30.6 Å². The summed E-state index contributed by atoms with van der Waals surface area (Å²) in [5.74, 6) is -0.566. The highest BCUT2D eigenvalue weighted by molar-refractivity contribution is 6.09. The number of rotatable bonds is 4. The molecule has 2 aliphatic rings. The summed E-state index contributed by atoms with van der Waals surface area (Å²) in [5.41, 5.74) is 4.65. The SMILES string of the molecule is Cc1ccc(N2CCN(C(=O)CC[C@@H]3NC(=O)c4ccccc4NC3=O)CC2)c(C)c1. The van der Waals surface area contributed by atoms with Gasteiger partial charge in [-0.15, -0.1) is 0 Å². The van der Waals surface area contributed by atoms with Gasteiger partial charge in [-0.25, -0.2) is 0 Å². The zero-order valence-electron chi connectivity index (χ0n) is 18.0. The van der Waals surface area contributed by atoms with Crippen molar-refractivity contribution in [3.8, 4) is 0 Å². The highest BCUT2D eigenvalue weighted by atomic mass is 16.2. The number of aryl methyl sites for hydroxylation is 2. The summed E-state index contributed by atoms with van der Waals surface area (Å²) < 4.78 is 0. The van der Waals surface area contributed by atoms with Gasteiger partial charge in [-0.05, 0) is 44.0 Å². The Morgan fingerprint density at radius 1 is 1.03 bits per heavy atom. The zero-order chi connectivity index (χ0) is 22.0. The molecule has 7 nitrogen and oxygen atoms in total. The molecule has 1 atom stereocenters. The summed E-state index contributed by atoms with van der Waals surface area (Å²) in [6, 6.07) is 12.6. The van der Waals surface area contributed by atoms with Crippen LogP contribution < -0.4 is 15.5 Å². The van der Waals surface area contributed by atoms with Crippen LogP contribution in [0.3, 0.4) is 0 Å². The van der Waals surface area contributed by atoms with E-state index in [0.29, 0.717) is 24.3 Å². The van der Waals surface area contributed by atoms with Crippen LogP contribution >= 0.6 is 0 Å². The number of hydrogen-bond donors (Lipinski definition) is 2. The van der Waals surface area contributed by atoms with Crippen LogP contribution in [0.2, 0.25) is 0 Å². The van der Waals surface area contributed by atoms with Crippen molar-refractivity contribution in [3.05, 3.63) is 59.2 Å². The van der Waals surface area contributed by atoms with Crippen LogP contribution in [-0.4, -0.2) is 54.8 Å². The molecule has 0 aromatic heterocycles. The number of anilines is 2. The largest absolute Gasteiger partial charge is 0.368 e. The van der Waals surface area contributed by atoms with E-state index in [4.69, 9.17) is 0 Å². The number of carbonyl (C=O) groups excluding carboxylic acids is 3. The average Bonchev–Trinajstić information content (AvgIpc) is 2.88. The van der Waals surface area contributed by atoms with E-state index in [1.165, 1.54) is 16.8 Å². The highest BCUT2D eigenvalue weighted by Crippen LogP contribution is 2.23. The van der Waals surface area contributed by atoms with E-state index < -0.39 is 6.04 Å². The molecule has 0 spiro atoms. The van der Waals surface area contributed by atoms with Crippen molar-refractivity contribution < 1.29 is 14.4 Å². The molecule has 2 N–H and O–H groups in total. The molecule has 2 aromatic carbocycles. The molecule has 162 valence electrons. The van der Waals surface area contributed by atoms with Crippen molar-refractivity contribution in [1.82, 2.24) is 10.2 Å². The lowest BCUT2D eigenvalue weighted by Gasteiger charge is -2.37. The summed E-state index contributed by atoms with van der Waals surface area (Å²) in [7, 11) is 0. The summed E-state index contributed by atoms with van der Waals surface area (Å²) in [6.45, 7) is 7.08. The lowest BCUT2D eigenvalue weighted by atomic mass is 10.1. The van der Waals surface area contributed by atoms with Gasteiger partial charge in [0.1, 0.15) is 6.04 Å². The molecule has 31 heavy (non-hydrogen) atoms. The molecule has 0 aliphatic carbocycles. The van der Waals surface area contributed by atoms with E-state index >= 15 is 0 Å². The molecular formula is C24H28N4O3. The molecule has 2 heterocycles. The molecule has 2 aromatic rings. The first-order chi connectivity index (χ1) is 14.9. The van der Waals surface area contributed by atoms with Gasteiger partial charge in [-0.3, -0.25) is 14.4 Å². The van der Waals surface area contributed by atoms with Crippen molar-refractivity contribution in [2.75, 3.05) is 36.4 Å². The number of amides is 3. The first-order valence-electron chi connectivity index (χ1n) is 10.7. The van der Waals surface area contributed by atoms with Gasteiger partial charge in [-0.2, -0.15) is 0 Å². The minimum absolute atomic E-state index is 0.0177. The van der Waals surface area contributed by atoms with E-state index in [9.17, 15) is 14.4 Å². The molecule has 0 unspecified atom stereocenters. The second-order valence-electron chi connectivity index (χ2n) is 8.26. The molecule has 7 heteroatoms. The number of para-hydroxylation sites is 1. The van der Waals surface area contributed by atoms with Crippen LogP contribution in [0.15, 0.2) is 42.5 Å². The zero-order valence-corrected chi connectivity index (χ0v) is 18.0. The Labute approximate surface area is 182 Å². The Morgan fingerprint density at radius 3 is 2.52 bits per heavy atom. The van der Waals surface area contributed by atoms with E-state index in [2.05, 4.69) is 47.6 Å². The molecule has 1 saturated heterocycles. The second kappa shape index (κ2) is 8.79. The van der Waals surface area contributed by atoms with Gasteiger partial charge in [0.05, 0.1) is 11.3 Å². The maximum atomic E-state index is 12.8.